The van der Waals surface area contributed by atoms with Crippen molar-refractivity contribution in [2.75, 3.05) is 32.1 Å². The van der Waals surface area contributed by atoms with Crippen molar-refractivity contribution in [2.45, 2.75) is 58.0 Å². The molecular formula is C34H40N4O6. The number of nitrogens with one attached hydrogen (secondary N) is 2. The standard InChI is InChI=1S/C34H40N4O6/c1-22-26(23-10-8-11-25(18-23)36-34(42)35-15-5-3-7-17-39)12-9-13-27(22)32-37-28-19-24(30(43-2)20-31(28)44-32)21-38-16-6-4-14-29(38)33(40)41/h8-13,18-20,29,39H,3-7,14-17,21H2,1-2H3,(H,40,41)(H2,35,36,42). The van der Waals surface area contributed by atoms with Gasteiger partial charge in [-0.25, -0.2) is 9.78 Å². The number of anilines is 1. The molecule has 1 aliphatic heterocycles. The molecule has 1 aromatic heterocycles. The molecule has 2 amide bonds. The molecule has 1 fully saturated rings. The molecule has 1 aliphatic rings. The maximum absolute atomic E-state index is 12.4. The van der Waals surface area contributed by atoms with Gasteiger partial charge in [-0.15, -0.1) is 0 Å². The van der Waals surface area contributed by atoms with Gasteiger partial charge < -0.3 is 30.0 Å². The van der Waals surface area contributed by atoms with Crippen LogP contribution in [-0.2, 0) is 11.3 Å². The van der Waals surface area contributed by atoms with E-state index in [0.717, 1.165) is 66.5 Å². The number of oxazole rings is 1. The number of nitrogens with zero attached hydrogens (tertiary/aromatic N) is 2. The number of hydrogen-bond acceptors (Lipinski definition) is 7. The molecule has 0 spiro atoms. The normalized spacial score (nSPS) is 15.3. The summed E-state index contributed by atoms with van der Waals surface area (Å²) in [7, 11) is 1.60. The Morgan fingerprint density at radius 1 is 1.07 bits per heavy atom. The highest BCUT2D eigenvalue weighted by Crippen LogP contribution is 2.36. The second kappa shape index (κ2) is 14.4. The van der Waals surface area contributed by atoms with Crippen LogP contribution in [0.5, 0.6) is 5.75 Å². The topological polar surface area (TPSA) is 137 Å². The molecule has 0 saturated carbocycles. The number of methoxy groups -OCH3 is 1. The Morgan fingerprint density at radius 3 is 2.68 bits per heavy atom. The predicted octanol–water partition coefficient (Wildman–Crippen LogP) is 6.20. The van der Waals surface area contributed by atoms with Crippen molar-refractivity contribution < 1.29 is 29.0 Å². The third-order valence-electron chi connectivity index (χ3n) is 8.18. The molecule has 44 heavy (non-hydrogen) atoms. The number of aliphatic hydroxyl groups is 1. The van der Waals surface area contributed by atoms with E-state index in [0.29, 0.717) is 47.9 Å². The molecule has 0 bridgehead atoms. The first-order valence-electron chi connectivity index (χ1n) is 15.2. The van der Waals surface area contributed by atoms with Gasteiger partial charge in [0.15, 0.2) is 5.58 Å². The molecule has 10 heteroatoms. The van der Waals surface area contributed by atoms with Crippen molar-refractivity contribution in [3.63, 3.8) is 0 Å². The van der Waals surface area contributed by atoms with E-state index in [2.05, 4.69) is 10.6 Å². The van der Waals surface area contributed by atoms with Gasteiger partial charge in [-0.2, -0.15) is 0 Å². The third kappa shape index (κ3) is 7.20. The summed E-state index contributed by atoms with van der Waals surface area (Å²) in [4.78, 5) is 31.1. The second-order valence-corrected chi connectivity index (χ2v) is 11.2. The lowest BCUT2D eigenvalue weighted by molar-refractivity contribution is -0.144. The predicted molar refractivity (Wildman–Crippen MR) is 170 cm³/mol. The van der Waals surface area contributed by atoms with Crippen LogP contribution in [0.15, 0.2) is 59.0 Å². The van der Waals surface area contributed by atoms with E-state index >= 15 is 0 Å². The Hall–Kier alpha value is -4.41. The van der Waals surface area contributed by atoms with Crippen LogP contribution >= 0.6 is 0 Å². The number of aliphatic carboxylic acids is 1. The zero-order chi connectivity index (χ0) is 31.1. The number of likely N-dealkylation sites (tertiary alicyclic amines) is 1. The molecule has 2 heterocycles. The zero-order valence-corrected chi connectivity index (χ0v) is 25.3. The SMILES string of the molecule is COc1cc2oc(-c3cccc(-c4cccc(NC(=O)NCCCCCO)c4)c3C)nc2cc1CN1CCCCC1C(=O)O. The third-order valence-corrected chi connectivity index (χ3v) is 8.18. The zero-order valence-electron chi connectivity index (χ0n) is 25.3. The molecule has 3 aromatic carbocycles. The minimum atomic E-state index is -0.793. The number of fused-ring (bicyclic) bond motifs is 1. The number of rotatable bonds is 12. The highest BCUT2D eigenvalue weighted by atomic mass is 16.5. The first-order valence-corrected chi connectivity index (χ1v) is 15.2. The van der Waals surface area contributed by atoms with Crippen LogP contribution in [0, 0.1) is 6.92 Å². The van der Waals surface area contributed by atoms with Gasteiger partial charge in [0.05, 0.1) is 7.11 Å². The number of carboxylic acid groups (broad SMARTS) is 1. The molecule has 0 radical (unpaired) electrons. The van der Waals surface area contributed by atoms with Gasteiger partial charge in [0.2, 0.25) is 5.89 Å². The average molecular weight is 601 g/mol. The van der Waals surface area contributed by atoms with Gasteiger partial charge in [0, 0.05) is 42.6 Å². The van der Waals surface area contributed by atoms with Crippen LogP contribution in [0.2, 0.25) is 0 Å². The van der Waals surface area contributed by atoms with E-state index in [1.807, 2.05) is 66.4 Å². The summed E-state index contributed by atoms with van der Waals surface area (Å²) in [6.07, 6.45) is 4.93. The number of carboxylic acids is 1. The first-order chi connectivity index (χ1) is 21.4. The highest BCUT2D eigenvalue weighted by Gasteiger charge is 2.29. The fourth-order valence-corrected chi connectivity index (χ4v) is 5.84. The smallest absolute Gasteiger partial charge is 0.320 e. The maximum Gasteiger partial charge on any atom is 0.320 e. The number of amides is 2. The van der Waals surface area contributed by atoms with E-state index in [1.54, 1.807) is 7.11 Å². The summed E-state index contributed by atoms with van der Waals surface area (Å²) < 4.78 is 11.9. The quantitative estimate of drug-likeness (QED) is 0.141. The van der Waals surface area contributed by atoms with Crippen LogP contribution < -0.4 is 15.4 Å². The monoisotopic (exact) mass is 600 g/mol. The molecule has 5 rings (SSSR count). The number of ether oxygens (including phenoxy) is 1. The maximum atomic E-state index is 12.4. The summed E-state index contributed by atoms with van der Waals surface area (Å²) in [5.41, 5.74) is 6.58. The molecule has 232 valence electrons. The number of aromatic nitrogens is 1. The van der Waals surface area contributed by atoms with Crippen LogP contribution in [0.25, 0.3) is 33.7 Å². The summed E-state index contributed by atoms with van der Waals surface area (Å²) in [5, 5.41) is 24.4. The molecule has 4 aromatic rings. The number of benzene rings is 3. The molecule has 0 aliphatic carbocycles. The summed E-state index contributed by atoms with van der Waals surface area (Å²) in [6.45, 7) is 3.91. The average Bonchev–Trinajstić information content (AvgIpc) is 3.43. The van der Waals surface area contributed by atoms with Gasteiger partial charge in [-0.05, 0) is 86.5 Å². The fraction of sp³-hybridized carbons (Fsp3) is 0.382. The van der Waals surface area contributed by atoms with E-state index in [-0.39, 0.29) is 12.6 Å². The summed E-state index contributed by atoms with van der Waals surface area (Å²) in [5.74, 6) is 0.326. The van der Waals surface area contributed by atoms with Crippen LogP contribution in [0.3, 0.4) is 0 Å². The largest absolute Gasteiger partial charge is 0.496 e. The Bertz CT molecular complexity index is 1620. The molecule has 4 N–H and O–H groups in total. The lowest BCUT2D eigenvalue weighted by Gasteiger charge is -2.33. The number of carbonyl (C=O) groups excluding carboxylic acids is 1. The minimum Gasteiger partial charge on any atom is -0.496 e. The van der Waals surface area contributed by atoms with E-state index in [1.165, 1.54) is 0 Å². The molecule has 1 atom stereocenters. The number of unbranched alkanes of at least 4 members (excludes halogenated alkanes) is 2. The van der Waals surface area contributed by atoms with Crippen molar-refractivity contribution in [3.05, 3.63) is 65.7 Å². The van der Waals surface area contributed by atoms with Gasteiger partial charge in [0.25, 0.3) is 0 Å². The van der Waals surface area contributed by atoms with Crippen molar-refractivity contribution in [1.82, 2.24) is 15.2 Å². The molecule has 1 unspecified atom stereocenters. The highest BCUT2D eigenvalue weighted by molar-refractivity contribution is 5.90. The minimum absolute atomic E-state index is 0.164. The van der Waals surface area contributed by atoms with Gasteiger partial charge in [-0.1, -0.05) is 30.7 Å². The van der Waals surface area contributed by atoms with Crippen molar-refractivity contribution in [1.29, 1.82) is 0 Å². The van der Waals surface area contributed by atoms with Crippen LogP contribution in [0.1, 0.15) is 49.7 Å². The van der Waals surface area contributed by atoms with Crippen molar-refractivity contribution in [2.24, 2.45) is 0 Å². The molecule has 1 saturated heterocycles. The van der Waals surface area contributed by atoms with Crippen molar-refractivity contribution >= 4 is 28.8 Å². The first kappa shape index (κ1) is 31.0. The van der Waals surface area contributed by atoms with Crippen LogP contribution in [0.4, 0.5) is 10.5 Å². The molecular weight excluding hydrogens is 560 g/mol. The number of hydrogen-bond donors (Lipinski definition) is 4. The Balaban J connectivity index is 1.37. The van der Waals surface area contributed by atoms with Gasteiger partial charge in [0.1, 0.15) is 17.3 Å². The van der Waals surface area contributed by atoms with Crippen molar-refractivity contribution in [3.8, 4) is 28.3 Å². The van der Waals surface area contributed by atoms with Gasteiger partial charge in [-0.3, -0.25) is 9.69 Å². The Morgan fingerprint density at radius 2 is 1.89 bits per heavy atom. The fourth-order valence-electron chi connectivity index (χ4n) is 5.84. The molecule has 10 nitrogen and oxygen atoms in total. The van der Waals surface area contributed by atoms with E-state index in [4.69, 9.17) is 19.2 Å². The number of urea groups is 1. The lowest BCUT2D eigenvalue weighted by Crippen LogP contribution is -2.44. The summed E-state index contributed by atoms with van der Waals surface area (Å²) >= 11 is 0. The van der Waals surface area contributed by atoms with Gasteiger partial charge >= 0.3 is 12.0 Å². The Labute approximate surface area is 257 Å². The number of carbonyl (C=O) groups is 2. The second-order valence-electron chi connectivity index (χ2n) is 11.2. The number of piperidine rings is 1. The lowest BCUT2D eigenvalue weighted by atomic mass is 9.96. The summed E-state index contributed by atoms with van der Waals surface area (Å²) in [6, 6.07) is 16.6. The number of aliphatic hydroxyl groups excluding tert-OH is 1. The van der Waals surface area contributed by atoms with E-state index < -0.39 is 12.0 Å². The van der Waals surface area contributed by atoms with E-state index in [9.17, 15) is 14.7 Å². The Kier molecular flexibility index (Phi) is 10.1. The van der Waals surface area contributed by atoms with Crippen LogP contribution in [-0.4, -0.2) is 64.9 Å².